The molecule has 3 rings (SSSR count). The molecule has 0 spiro atoms. The second kappa shape index (κ2) is 5.90. The summed E-state index contributed by atoms with van der Waals surface area (Å²) < 4.78 is 6.14. The highest BCUT2D eigenvalue weighted by Gasteiger charge is 2.13. The molecule has 2 N–H and O–H groups in total. The Morgan fingerprint density at radius 2 is 1.95 bits per heavy atom. The number of nitrogens with two attached hydrogens (primary N) is 1. The molecule has 21 heavy (non-hydrogen) atoms. The van der Waals surface area contributed by atoms with Gasteiger partial charge in [-0.1, -0.05) is 34.1 Å². The smallest absolute Gasteiger partial charge is 0.338 e. The number of carbonyl (C=O) groups is 1. The SMILES string of the molecule is Nc1cc(Br)cc(C(=O)OCc2ccc3c(c2)CCC3)c1. The summed E-state index contributed by atoms with van der Waals surface area (Å²) in [4.78, 5) is 12.1. The number of hydrogen-bond donors (Lipinski definition) is 1. The first kappa shape index (κ1) is 14.1. The molecule has 0 bridgehead atoms. The monoisotopic (exact) mass is 345 g/mol. The standard InChI is InChI=1S/C17H16BrNO2/c18-15-7-14(8-16(19)9-15)17(20)21-10-11-4-5-12-2-1-3-13(12)6-11/h4-9H,1-3,10,19H2. The Morgan fingerprint density at radius 1 is 1.14 bits per heavy atom. The molecule has 0 unspecified atom stereocenters. The van der Waals surface area contributed by atoms with Crippen molar-refractivity contribution >= 4 is 27.6 Å². The predicted octanol–water partition coefficient (Wildman–Crippen LogP) is 3.88. The number of anilines is 1. The Balaban J connectivity index is 1.68. The van der Waals surface area contributed by atoms with Gasteiger partial charge in [-0.25, -0.2) is 4.79 Å². The molecule has 2 aromatic carbocycles. The second-order valence-corrected chi connectivity index (χ2v) is 6.22. The number of nitrogen functional groups attached to an aromatic ring is 1. The van der Waals surface area contributed by atoms with E-state index in [0.717, 1.165) is 22.9 Å². The van der Waals surface area contributed by atoms with Gasteiger partial charge in [-0.3, -0.25) is 0 Å². The van der Waals surface area contributed by atoms with E-state index in [9.17, 15) is 4.79 Å². The number of fused-ring (bicyclic) bond motifs is 1. The van der Waals surface area contributed by atoms with Crippen LogP contribution in [0.15, 0.2) is 40.9 Å². The molecule has 1 aliphatic rings. The maximum Gasteiger partial charge on any atom is 0.338 e. The summed E-state index contributed by atoms with van der Waals surface area (Å²) >= 11 is 3.32. The van der Waals surface area contributed by atoms with Crippen LogP contribution in [0.2, 0.25) is 0 Å². The highest BCUT2D eigenvalue weighted by atomic mass is 79.9. The Labute approximate surface area is 132 Å². The summed E-state index contributed by atoms with van der Waals surface area (Å²) in [6, 6.07) is 11.4. The fraction of sp³-hybridized carbons (Fsp3) is 0.235. The van der Waals surface area contributed by atoms with E-state index in [1.54, 1.807) is 18.2 Å². The van der Waals surface area contributed by atoms with E-state index in [4.69, 9.17) is 10.5 Å². The molecule has 0 aromatic heterocycles. The summed E-state index contributed by atoms with van der Waals surface area (Å²) in [5, 5.41) is 0. The number of halogens is 1. The highest BCUT2D eigenvalue weighted by Crippen LogP contribution is 2.23. The molecular formula is C17H16BrNO2. The van der Waals surface area contributed by atoms with E-state index in [0.29, 0.717) is 17.9 Å². The van der Waals surface area contributed by atoms with Crippen LogP contribution < -0.4 is 5.73 Å². The Hall–Kier alpha value is -1.81. The molecule has 108 valence electrons. The first-order valence-electron chi connectivity index (χ1n) is 6.96. The Bertz CT molecular complexity index is 677. The van der Waals surface area contributed by atoms with Gasteiger partial charge in [0.05, 0.1) is 5.56 Å². The van der Waals surface area contributed by atoms with Crippen LogP contribution in [0.3, 0.4) is 0 Å². The van der Waals surface area contributed by atoms with E-state index in [-0.39, 0.29) is 5.97 Å². The molecule has 3 nitrogen and oxygen atoms in total. The molecule has 0 aliphatic heterocycles. The van der Waals surface area contributed by atoms with Crippen LogP contribution in [0.1, 0.15) is 33.5 Å². The molecule has 0 heterocycles. The number of ether oxygens (including phenoxy) is 1. The van der Waals surface area contributed by atoms with Crippen LogP contribution in [-0.4, -0.2) is 5.97 Å². The van der Waals surface area contributed by atoms with Crippen LogP contribution in [-0.2, 0) is 24.2 Å². The van der Waals surface area contributed by atoms with Crippen molar-refractivity contribution in [2.45, 2.75) is 25.9 Å². The number of hydrogen-bond acceptors (Lipinski definition) is 3. The summed E-state index contributed by atoms with van der Waals surface area (Å²) in [7, 11) is 0. The molecule has 4 heteroatoms. The summed E-state index contributed by atoms with van der Waals surface area (Å²) in [5.41, 5.74) is 10.6. The zero-order valence-electron chi connectivity index (χ0n) is 11.6. The van der Waals surface area contributed by atoms with Crippen molar-refractivity contribution in [1.82, 2.24) is 0 Å². The summed E-state index contributed by atoms with van der Waals surface area (Å²) in [5.74, 6) is -0.358. The van der Waals surface area contributed by atoms with Gasteiger partial charge in [0.15, 0.2) is 0 Å². The van der Waals surface area contributed by atoms with Crippen molar-refractivity contribution in [1.29, 1.82) is 0 Å². The lowest BCUT2D eigenvalue weighted by atomic mass is 10.1. The van der Waals surface area contributed by atoms with Gasteiger partial charge in [-0.05, 0) is 54.2 Å². The topological polar surface area (TPSA) is 52.3 Å². The van der Waals surface area contributed by atoms with E-state index >= 15 is 0 Å². The van der Waals surface area contributed by atoms with Crippen molar-refractivity contribution in [3.63, 3.8) is 0 Å². The summed E-state index contributed by atoms with van der Waals surface area (Å²) in [6.07, 6.45) is 3.50. The van der Waals surface area contributed by atoms with Gasteiger partial charge >= 0.3 is 5.97 Å². The molecule has 1 aliphatic carbocycles. The molecular weight excluding hydrogens is 330 g/mol. The summed E-state index contributed by atoms with van der Waals surface area (Å²) in [6.45, 7) is 0.290. The minimum absolute atomic E-state index is 0.290. The average Bonchev–Trinajstić information content (AvgIpc) is 2.91. The van der Waals surface area contributed by atoms with Crippen LogP contribution in [0.4, 0.5) is 5.69 Å². The van der Waals surface area contributed by atoms with E-state index in [1.807, 2.05) is 6.07 Å². The van der Waals surface area contributed by atoms with Gasteiger partial charge in [0.25, 0.3) is 0 Å². The minimum atomic E-state index is -0.358. The van der Waals surface area contributed by atoms with Gasteiger partial charge in [0.2, 0.25) is 0 Å². The predicted molar refractivity (Wildman–Crippen MR) is 86.1 cm³/mol. The number of carbonyl (C=O) groups excluding carboxylic acids is 1. The zero-order chi connectivity index (χ0) is 14.8. The molecule has 0 fully saturated rings. The normalized spacial score (nSPS) is 13.0. The maximum atomic E-state index is 12.1. The largest absolute Gasteiger partial charge is 0.457 e. The first-order valence-corrected chi connectivity index (χ1v) is 7.75. The fourth-order valence-electron chi connectivity index (χ4n) is 2.68. The van der Waals surface area contributed by atoms with Crippen LogP contribution in [0, 0.1) is 0 Å². The highest BCUT2D eigenvalue weighted by molar-refractivity contribution is 9.10. The van der Waals surface area contributed by atoms with Gasteiger partial charge < -0.3 is 10.5 Å². The van der Waals surface area contributed by atoms with E-state index in [2.05, 4.69) is 28.1 Å². The van der Waals surface area contributed by atoms with Gasteiger partial charge in [0.1, 0.15) is 6.61 Å². The fourth-order valence-corrected chi connectivity index (χ4v) is 3.19. The third-order valence-corrected chi connectivity index (χ3v) is 4.15. The minimum Gasteiger partial charge on any atom is -0.457 e. The van der Waals surface area contributed by atoms with Crippen LogP contribution in [0.5, 0.6) is 0 Å². The molecule has 0 saturated heterocycles. The van der Waals surface area contributed by atoms with Crippen molar-refractivity contribution in [3.8, 4) is 0 Å². The molecule has 0 saturated carbocycles. The van der Waals surface area contributed by atoms with E-state index < -0.39 is 0 Å². The van der Waals surface area contributed by atoms with Crippen molar-refractivity contribution in [3.05, 3.63) is 63.1 Å². The van der Waals surface area contributed by atoms with Crippen LogP contribution in [0.25, 0.3) is 0 Å². The lowest BCUT2D eigenvalue weighted by molar-refractivity contribution is 0.0472. The molecule has 0 atom stereocenters. The van der Waals surface area contributed by atoms with E-state index in [1.165, 1.54) is 17.5 Å². The lowest BCUT2D eigenvalue weighted by Gasteiger charge is -2.08. The zero-order valence-corrected chi connectivity index (χ0v) is 13.2. The Morgan fingerprint density at radius 3 is 2.76 bits per heavy atom. The number of rotatable bonds is 3. The van der Waals surface area contributed by atoms with Gasteiger partial charge in [-0.15, -0.1) is 0 Å². The van der Waals surface area contributed by atoms with Crippen molar-refractivity contribution in [2.75, 3.05) is 5.73 Å². The average molecular weight is 346 g/mol. The molecule has 0 radical (unpaired) electrons. The van der Waals surface area contributed by atoms with Gasteiger partial charge in [0, 0.05) is 10.2 Å². The molecule has 0 amide bonds. The number of benzene rings is 2. The van der Waals surface area contributed by atoms with Crippen molar-refractivity contribution in [2.24, 2.45) is 0 Å². The lowest BCUT2D eigenvalue weighted by Crippen LogP contribution is -2.06. The number of esters is 1. The van der Waals surface area contributed by atoms with Crippen LogP contribution >= 0.6 is 15.9 Å². The molecule has 2 aromatic rings. The van der Waals surface area contributed by atoms with Gasteiger partial charge in [-0.2, -0.15) is 0 Å². The maximum absolute atomic E-state index is 12.1. The third-order valence-electron chi connectivity index (χ3n) is 3.69. The third kappa shape index (κ3) is 3.27. The van der Waals surface area contributed by atoms with Crippen molar-refractivity contribution < 1.29 is 9.53 Å². The first-order chi connectivity index (χ1) is 10.1. The Kier molecular flexibility index (Phi) is 3.97. The number of aryl methyl sites for hydroxylation is 2. The second-order valence-electron chi connectivity index (χ2n) is 5.31. The quantitative estimate of drug-likeness (QED) is 0.678.